The van der Waals surface area contributed by atoms with E-state index in [1.807, 2.05) is 0 Å². The van der Waals surface area contributed by atoms with Crippen LogP contribution in [0, 0.1) is 0 Å². The minimum atomic E-state index is -3.48. The van der Waals surface area contributed by atoms with Crippen LogP contribution in [0.4, 0.5) is 0 Å². The molecule has 0 fully saturated rings. The Morgan fingerprint density at radius 1 is 1.29 bits per heavy atom. The third kappa shape index (κ3) is 3.63. The van der Waals surface area contributed by atoms with Crippen molar-refractivity contribution in [3.8, 4) is 0 Å². The molecule has 2 atom stereocenters. The molecule has 1 amide bonds. The summed E-state index contributed by atoms with van der Waals surface area (Å²) >= 11 is 0. The fourth-order valence-electron chi connectivity index (χ4n) is 1.16. The lowest BCUT2D eigenvalue weighted by atomic mass is 10.3. The average Bonchev–Trinajstić information content (AvgIpc) is 2.02. The summed E-state index contributed by atoms with van der Waals surface area (Å²) in [4.78, 5) is 10.8. The fourth-order valence-corrected chi connectivity index (χ4v) is 3.09. The number of hydrogen-bond donors (Lipinski definition) is 2. The molecule has 0 radical (unpaired) electrons. The van der Waals surface area contributed by atoms with E-state index in [0.717, 1.165) is 0 Å². The van der Waals surface area contributed by atoms with Crippen molar-refractivity contribution in [1.82, 2.24) is 0 Å². The number of amides is 1. The van der Waals surface area contributed by atoms with E-state index < -0.39 is 27.0 Å². The molecule has 4 N–H and O–H groups in total. The number of nitrogens with two attached hydrogens (primary N) is 2. The second-order valence-electron chi connectivity index (χ2n) is 3.30. The van der Waals surface area contributed by atoms with E-state index in [1.165, 1.54) is 0 Å². The number of primary amides is 1. The molecular weight excluding hydrogens is 204 g/mol. The normalized spacial score (nSPS) is 16.2. The van der Waals surface area contributed by atoms with Crippen LogP contribution in [0.5, 0.6) is 0 Å². The average molecular weight is 222 g/mol. The minimum absolute atomic E-state index is 0.176. The van der Waals surface area contributed by atoms with Crippen LogP contribution in [0.2, 0.25) is 0 Å². The Bertz CT molecular complexity index is 287. The summed E-state index contributed by atoms with van der Waals surface area (Å²) < 4.78 is 23.2. The predicted octanol–water partition coefficient (Wildman–Crippen LogP) is -0.598. The van der Waals surface area contributed by atoms with E-state index in [-0.39, 0.29) is 12.2 Å². The quantitative estimate of drug-likeness (QED) is 0.626. The van der Waals surface area contributed by atoms with E-state index in [1.54, 1.807) is 13.8 Å². The summed E-state index contributed by atoms with van der Waals surface area (Å²) in [6, 6.07) is -0.423. The summed E-state index contributed by atoms with van der Waals surface area (Å²) in [6.45, 7) is 3.41. The number of hydrogen-bond acceptors (Lipinski definition) is 4. The topological polar surface area (TPSA) is 103 Å². The smallest absolute Gasteiger partial charge is 0.235 e. The van der Waals surface area contributed by atoms with E-state index in [4.69, 9.17) is 11.5 Å². The first-order valence-corrected chi connectivity index (χ1v) is 6.33. The van der Waals surface area contributed by atoms with Crippen molar-refractivity contribution in [3.63, 3.8) is 0 Å². The molecule has 0 aliphatic heterocycles. The Labute approximate surface area is 84.8 Å². The summed E-state index contributed by atoms with van der Waals surface area (Å²) in [5.41, 5.74) is 10.5. The maximum atomic E-state index is 11.6. The van der Waals surface area contributed by atoms with Crippen molar-refractivity contribution in [1.29, 1.82) is 0 Å². The molecule has 0 aromatic rings. The van der Waals surface area contributed by atoms with Crippen molar-refractivity contribution in [2.75, 3.05) is 5.75 Å². The predicted molar refractivity (Wildman–Crippen MR) is 55.3 cm³/mol. The van der Waals surface area contributed by atoms with Gasteiger partial charge in [0.25, 0.3) is 0 Å². The summed E-state index contributed by atoms with van der Waals surface area (Å²) in [7, 11) is -3.48. The van der Waals surface area contributed by atoms with Crippen LogP contribution >= 0.6 is 0 Å². The second-order valence-corrected chi connectivity index (χ2v) is 5.53. The lowest BCUT2D eigenvalue weighted by Gasteiger charge is -2.15. The molecule has 2 unspecified atom stereocenters. The summed E-state index contributed by atoms with van der Waals surface area (Å²) in [6.07, 6.45) is 0.766. The van der Waals surface area contributed by atoms with E-state index in [9.17, 15) is 13.2 Å². The van der Waals surface area contributed by atoms with Gasteiger partial charge in [0.1, 0.15) is 5.25 Å². The van der Waals surface area contributed by atoms with Crippen molar-refractivity contribution in [2.24, 2.45) is 11.5 Å². The molecule has 0 aromatic carbocycles. The number of carbonyl (C=O) groups excluding carboxylic acids is 1. The van der Waals surface area contributed by atoms with Gasteiger partial charge in [0, 0.05) is 6.04 Å². The molecule has 0 aromatic heterocycles. The largest absolute Gasteiger partial charge is 0.369 e. The van der Waals surface area contributed by atoms with Gasteiger partial charge in [-0.2, -0.15) is 0 Å². The minimum Gasteiger partial charge on any atom is -0.369 e. The monoisotopic (exact) mass is 222 g/mol. The second kappa shape index (κ2) is 5.31. The molecule has 84 valence electrons. The third-order valence-corrected chi connectivity index (χ3v) is 4.42. The van der Waals surface area contributed by atoms with Gasteiger partial charge in [-0.1, -0.05) is 13.8 Å². The van der Waals surface area contributed by atoms with Crippen molar-refractivity contribution < 1.29 is 13.2 Å². The number of carbonyl (C=O) groups is 1. The maximum Gasteiger partial charge on any atom is 0.235 e. The zero-order valence-electron chi connectivity index (χ0n) is 8.56. The highest BCUT2D eigenvalue weighted by Crippen LogP contribution is 2.08. The van der Waals surface area contributed by atoms with Gasteiger partial charge in [-0.05, 0) is 12.8 Å². The molecule has 0 aliphatic rings. The van der Waals surface area contributed by atoms with Crippen LogP contribution in [0.25, 0.3) is 0 Å². The van der Waals surface area contributed by atoms with Crippen LogP contribution in [0.3, 0.4) is 0 Å². The lowest BCUT2D eigenvalue weighted by molar-refractivity contribution is -0.117. The van der Waals surface area contributed by atoms with Gasteiger partial charge in [0.15, 0.2) is 9.84 Å². The molecule has 0 spiro atoms. The van der Waals surface area contributed by atoms with Gasteiger partial charge in [-0.15, -0.1) is 0 Å². The number of rotatable bonds is 6. The Morgan fingerprint density at radius 2 is 1.79 bits per heavy atom. The van der Waals surface area contributed by atoms with Gasteiger partial charge in [-0.3, -0.25) is 4.79 Å². The van der Waals surface area contributed by atoms with Crippen molar-refractivity contribution in [3.05, 3.63) is 0 Å². The first-order valence-electron chi connectivity index (χ1n) is 4.61. The van der Waals surface area contributed by atoms with Crippen LogP contribution in [0.1, 0.15) is 26.7 Å². The zero-order valence-corrected chi connectivity index (χ0v) is 9.38. The number of sulfone groups is 1. The Morgan fingerprint density at radius 3 is 2.07 bits per heavy atom. The first-order chi connectivity index (χ1) is 6.35. The maximum absolute atomic E-state index is 11.6. The Hall–Kier alpha value is -0.620. The van der Waals surface area contributed by atoms with Gasteiger partial charge < -0.3 is 11.5 Å². The van der Waals surface area contributed by atoms with Crippen LogP contribution < -0.4 is 11.5 Å². The third-order valence-electron chi connectivity index (χ3n) is 2.09. The van der Waals surface area contributed by atoms with Gasteiger partial charge in [0.05, 0.1) is 5.75 Å². The molecular formula is C8H18N2O3S. The van der Waals surface area contributed by atoms with Gasteiger partial charge in [-0.25, -0.2) is 8.42 Å². The molecule has 0 saturated heterocycles. The summed E-state index contributed by atoms with van der Waals surface area (Å²) in [5.74, 6) is -0.971. The van der Waals surface area contributed by atoms with Crippen LogP contribution in [-0.4, -0.2) is 31.4 Å². The standard InChI is InChI=1S/C8H18N2O3S/c1-3-6(9)5-14(12,13)7(4-2)8(10)11/h6-7H,3-5,9H2,1-2H3,(H2,10,11). The van der Waals surface area contributed by atoms with Crippen LogP contribution in [-0.2, 0) is 14.6 Å². The molecule has 0 saturated carbocycles. The molecule has 6 heteroatoms. The molecule has 5 nitrogen and oxygen atoms in total. The van der Waals surface area contributed by atoms with Crippen LogP contribution in [0.15, 0.2) is 0 Å². The van der Waals surface area contributed by atoms with Gasteiger partial charge >= 0.3 is 0 Å². The lowest BCUT2D eigenvalue weighted by Crippen LogP contribution is -2.41. The van der Waals surface area contributed by atoms with Crippen molar-refractivity contribution >= 4 is 15.7 Å². The molecule has 0 rings (SSSR count). The van der Waals surface area contributed by atoms with E-state index in [0.29, 0.717) is 6.42 Å². The molecule has 0 bridgehead atoms. The Balaban J connectivity index is 4.67. The molecule has 0 aliphatic carbocycles. The first kappa shape index (κ1) is 13.4. The summed E-state index contributed by atoms with van der Waals surface area (Å²) in [5, 5.41) is -1.10. The highest BCUT2D eigenvalue weighted by Gasteiger charge is 2.30. The highest BCUT2D eigenvalue weighted by atomic mass is 32.2. The fraction of sp³-hybridized carbons (Fsp3) is 0.875. The SMILES string of the molecule is CCC(N)CS(=O)(=O)C(CC)C(N)=O. The van der Waals surface area contributed by atoms with Gasteiger partial charge in [0.2, 0.25) is 5.91 Å². The highest BCUT2D eigenvalue weighted by molar-refractivity contribution is 7.92. The van der Waals surface area contributed by atoms with E-state index in [2.05, 4.69) is 0 Å². The Kier molecular flexibility index (Phi) is 5.07. The van der Waals surface area contributed by atoms with E-state index >= 15 is 0 Å². The van der Waals surface area contributed by atoms with Crippen molar-refractivity contribution in [2.45, 2.75) is 38.0 Å². The molecule has 0 heterocycles. The zero-order chi connectivity index (χ0) is 11.4. The molecule has 14 heavy (non-hydrogen) atoms.